The Hall–Kier alpha value is -0.610. The van der Waals surface area contributed by atoms with Crippen molar-refractivity contribution in [3.8, 4) is 0 Å². The van der Waals surface area contributed by atoms with E-state index in [1.54, 1.807) is 13.8 Å². The van der Waals surface area contributed by atoms with E-state index in [-0.39, 0.29) is 0 Å². The molecule has 0 radical (unpaired) electrons. The van der Waals surface area contributed by atoms with Gasteiger partial charge in [0.2, 0.25) is 0 Å². The third kappa shape index (κ3) is 4.49. The van der Waals surface area contributed by atoms with Gasteiger partial charge in [-0.3, -0.25) is 4.79 Å². The molecular formula is C12H24N2O2. The molecule has 4 nitrogen and oxygen atoms in total. The fourth-order valence-corrected chi connectivity index (χ4v) is 1.90. The molecule has 94 valence electrons. The molecule has 0 saturated carbocycles. The Morgan fingerprint density at radius 1 is 1.31 bits per heavy atom. The van der Waals surface area contributed by atoms with Crippen molar-refractivity contribution in [1.29, 1.82) is 0 Å². The van der Waals surface area contributed by atoms with E-state index < -0.39 is 11.4 Å². The highest BCUT2D eigenvalue weighted by atomic mass is 16.4. The minimum absolute atomic E-state index is 0.538. The lowest BCUT2D eigenvalue weighted by Crippen LogP contribution is -2.40. The first-order chi connectivity index (χ1) is 7.52. The summed E-state index contributed by atoms with van der Waals surface area (Å²) < 4.78 is 0. The SMILES string of the molecule is CC(C)(CNCCN1CCCCC1)C(=O)O. The van der Waals surface area contributed by atoms with Crippen molar-refractivity contribution in [2.45, 2.75) is 33.1 Å². The molecule has 0 atom stereocenters. The van der Waals surface area contributed by atoms with Gasteiger partial charge in [-0.2, -0.15) is 0 Å². The maximum absolute atomic E-state index is 10.9. The Morgan fingerprint density at radius 3 is 2.50 bits per heavy atom. The molecule has 0 aromatic heterocycles. The van der Waals surface area contributed by atoms with Crippen molar-refractivity contribution >= 4 is 5.97 Å². The zero-order chi connectivity index (χ0) is 12.0. The fraction of sp³-hybridized carbons (Fsp3) is 0.917. The molecule has 0 aliphatic carbocycles. The molecule has 1 saturated heterocycles. The van der Waals surface area contributed by atoms with Gasteiger partial charge in [-0.1, -0.05) is 6.42 Å². The van der Waals surface area contributed by atoms with Crippen LogP contribution in [0.3, 0.4) is 0 Å². The van der Waals surface area contributed by atoms with Crippen molar-refractivity contribution in [1.82, 2.24) is 10.2 Å². The lowest BCUT2D eigenvalue weighted by atomic mass is 9.94. The van der Waals surface area contributed by atoms with E-state index in [1.807, 2.05) is 0 Å². The Kier molecular flexibility index (Phi) is 5.22. The normalized spacial score (nSPS) is 18.6. The van der Waals surface area contributed by atoms with Gasteiger partial charge >= 0.3 is 5.97 Å². The highest BCUT2D eigenvalue weighted by molar-refractivity contribution is 5.73. The van der Waals surface area contributed by atoms with Crippen LogP contribution < -0.4 is 5.32 Å². The Bertz CT molecular complexity index is 223. The maximum Gasteiger partial charge on any atom is 0.310 e. The number of nitrogens with zero attached hydrogens (tertiary/aromatic N) is 1. The second-order valence-corrected chi connectivity index (χ2v) is 5.27. The van der Waals surface area contributed by atoms with Crippen molar-refractivity contribution in [2.75, 3.05) is 32.7 Å². The molecule has 16 heavy (non-hydrogen) atoms. The zero-order valence-electron chi connectivity index (χ0n) is 10.5. The highest BCUT2D eigenvalue weighted by Gasteiger charge is 2.26. The van der Waals surface area contributed by atoms with Crippen LogP contribution >= 0.6 is 0 Å². The molecule has 0 aromatic carbocycles. The van der Waals surface area contributed by atoms with Crippen molar-refractivity contribution in [2.24, 2.45) is 5.41 Å². The standard InChI is InChI=1S/C12H24N2O2/c1-12(2,11(15)16)10-13-6-9-14-7-4-3-5-8-14/h13H,3-10H2,1-2H3,(H,15,16). The average molecular weight is 228 g/mol. The molecule has 1 aliphatic heterocycles. The summed E-state index contributed by atoms with van der Waals surface area (Å²) in [6.07, 6.45) is 3.97. The first kappa shape index (κ1) is 13.5. The number of likely N-dealkylation sites (tertiary alicyclic amines) is 1. The Morgan fingerprint density at radius 2 is 1.94 bits per heavy atom. The topological polar surface area (TPSA) is 52.6 Å². The summed E-state index contributed by atoms with van der Waals surface area (Å²) in [6, 6.07) is 0. The van der Waals surface area contributed by atoms with Gasteiger partial charge in [0.1, 0.15) is 0 Å². The van der Waals surface area contributed by atoms with Crippen LogP contribution in [0.25, 0.3) is 0 Å². The summed E-state index contributed by atoms with van der Waals surface area (Å²) in [5, 5.41) is 12.2. The first-order valence-corrected chi connectivity index (χ1v) is 6.19. The molecule has 1 aliphatic rings. The molecule has 4 heteroatoms. The summed E-state index contributed by atoms with van der Waals surface area (Å²) in [6.45, 7) is 8.36. The number of aliphatic carboxylic acids is 1. The number of carbonyl (C=O) groups is 1. The van der Waals surface area contributed by atoms with Crippen molar-refractivity contribution < 1.29 is 9.90 Å². The number of rotatable bonds is 6. The Labute approximate surface area is 98.0 Å². The maximum atomic E-state index is 10.9. The summed E-state index contributed by atoms with van der Waals surface area (Å²) in [7, 11) is 0. The molecule has 0 spiro atoms. The molecule has 0 unspecified atom stereocenters. The van der Waals surface area contributed by atoms with Gasteiger partial charge in [0.25, 0.3) is 0 Å². The van der Waals surface area contributed by atoms with Gasteiger partial charge in [-0.25, -0.2) is 0 Å². The van der Waals surface area contributed by atoms with Crippen LogP contribution in [0.2, 0.25) is 0 Å². The lowest BCUT2D eigenvalue weighted by molar-refractivity contribution is -0.146. The Balaban J connectivity index is 2.09. The van der Waals surface area contributed by atoms with Gasteiger partial charge in [0.15, 0.2) is 0 Å². The molecule has 0 aromatic rings. The average Bonchev–Trinajstić information content (AvgIpc) is 2.26. The minimum atomic E-state index is -0.738. The smallest absolute Gasteiger partial charge is 0.310 e. The van der Waals surface area contributed by atoms with E-state index in [0.29, 0.717) is 6.54 Å². The van der Waals surface area contributed by atoms with Crippen LogP contribution in [0, 0.1) is 5.41 Å². The lowest BCUT2D eigenvalue weighted by Gasteiger charge is -2.27. The van der Waals surface area contributed by atoms with Crippen LogP contribution in [-0.2, 0) is 4.79 Å². The van der Waals surface area contributed by atoms with E-state index in [0.717, 1.165) is 13.1 Å². The van der Waals surface area contributed by atoms with Crippen molar-refractivity contribution in [3.63, 3.8) is 0 Å². The zero-order valence-corrected chi connectivity index (χ0v) is 10.5. The van der Waals surface area contributed by atoms with E-state index in [4.69, 9.17) is 5.11 Å². The monoisotopic (exact) mass is 228 g/mol. The molecule has 2 N–H and O–H groups in total. The van der Waals surface area contributed by atoms with Crippen molar-refractivity contribution in [3.05, 3.63) is 0 Å². The summed E-state index contributed by atoms with van der Waals surface area (Å²) in [5.41, 5.74) is -0.665. The molecular weight excluding hydrogens is 204 g/mol. The van der Waals surface area contributed by atoms with Gasteiger partial charge < -0.3 is 15.3 Å². The summed E-state index contributed by atoms with van der Waals surface area (Å²) in [4.78, 5) is 13.3. The van der Waals surface area contributed by atoms with E-state index >= 15 is 0 Å². The fourth-order valence-electron chi connectivity index (χ4n) is 1.90. The van der Waals surface area contributed by atoms with Gasteiger partial charge in [-0.05, 0) is 39.8 Å². The number of carboxylic acids is 1. The molecule has 1 rings (SSSR count). The largest absolute Gasteiger partial charge is 0.481 e. The third-order valence-electron chi connectivity index (χ3n) is 3.20. The number of hydrogen-bond donors (Lipinski definition) is 2. The first-order valence-electron chi connectivity index (χ1n) is 6.19. The number of nitrogens with one attached hydrogen (secondary N) is 1. The second-order valence-electron chi connectivity index (χ2n) is 5.27. The van der Waals surface area contributed by atoms with E-state index in [1.165, 1.54) is 32.4 Å². The summed E-state index contributed by atoms with van der Waals surface area (Å²) in [5.74, 6) is -0.738. The summed E-state index contributed by atoms with van der Waals surface area (Å²) >= 11 is 0. The number of hydrogen-bond acceptors (Lipinski definition) is 3. The van der Waals surface area contributed by atoms with Gasteiger partial charge in [0.05, 0.1) is 5.41 Å². The van der Waals surface area contributed by atoms with Crippen LogP contribution in [0.5, 0.6) is 0 Å². The van der Waals surface area contributed by atoms with E-state index in [9.17, 15) is 4.79 Å². The highest BCUT2D eigenvalue weighted by Crippen LogP contribution is 2.13. The van der Waals surface area contributed by atoms with Gasteiger partial charge in [-0.15, -0.1) is 0 Å². The molecule has 1 heterocycles. The van der Waals surface area contributed by atoms with Gasteiger partial charge in [0, 0.05) is 19.6 Å². The number of carboxylic acid groups (broad SMARTS) is 1. The predicted molar refractivity (Wildman–Crippen MR) is 64.6 cm³/mol. The predicted octanol–water partition coefficient (Wildman–Crippen LogP) is 1.17. The van der Waals surface area contributed by atoms with Crippen LogP contribution in [0.1, 0.15) is 33.1 Å². The number of piperidine rings is 1. The second kappa shape index (κ2) is 6.21. The van der Waals surface area contributed by atoms with Crippen LogP contribution in [0.4, 0.5) is 0 Å². The quantitative estimate of drug-likeness (QED) is 0.670. The minimum Gasteiger partial charge on any atom is -0.481 e. The van der Waals surface area contributed by atoms with Crippen LogP contribution in [0.15, 0.2) is 0 Å². The molecule has 1 fully saturated rings. The van der Waals surface area contributed by atoms with E-state index in [2.05, 4.69) is 10.2 Å². The molecule has 0 bridgehead atoms. The van der Waals surface area contributed by atoms with Crippen LogP contribution in [-0.4, -0.2) is 48.7 Å². The third-order valence-corrected chi connectivity index (χ3v) is 3.20. The molecule has 0 amide bonds.